The van der Waals surface area contributed by atoms with Crippen LogP contribution in [0.25, 0.3) is 5.69 Å². The minimum absolute atomic E-state index is 0.203. The van der Waals surface area contributed by atoms with E-state index in [0.29, 0.717) is 11.3 Å². The molecule has 0 radical (unpaired) electrons. The van der Waals surface area contributed by atoms with Gasteiger partial charge in [0.25, 0.3) is 5.91 Å². The van der Waals surface area contributed by atoms with Crippen LogP contribution < -0.4 is 5.32 Å². The van der Waals surface area contributed by atoms with Crippen LogP contribution in [0.15, 0.2) is 48.8 Å². The number of hydrogen-bond donors (Lipinski definition) is 1. The summed E-state index contributed by atoms with van der Waals surface area (Å²) in [5.74, 6) is -0.203. The molecule has 0 unspecified atom stereocenters. The summed E-state index contributed by atoms with van der Waals surface area (Å²) < 4.78 is 2.57. The Bertz CT molecular complexity index is 817. The van der Waals surface area contributed by atoms with Crippen LogP contribution in [0.3, 0.4) is 0 Å². The lowest BCUT2D eigenvalue weighted by molar-refractivity contribution is 0.102. The van der Waals surface area contributed by atoms with E-state index in [0.717, 1.165) is 9.26 Å². The Morgan fingerprint density at radius 1 is 1.23 bits per heavy atom. The molecule has 0 bridgehead atoms. The summed E-state index contributed by atoms with van der Waals surface area (Å²) in [4.78, 5) is 12.5. The SMILES string of the molecule is Cc1ccc(NC(=O)c2ccccc2-n2cnnn2)cc1I. The molecule has 0 fully saturated rings. The Morgan fingerprint density at radius 3 is 2.77 bits per heavy atom. The fraction of sp³-hybridized carbons (Fsp3) is 0.0667. The highest BCUT2D eigenvalue weighted by atomic mass is 127. The van der Waals surface area contributed by atoms with Crippen molar-refractivity contribution in [1.82, 2.24) is 20.2 Å². The molecule has 110 valence electrons. The number of amides is 1. The van der Waals surface area contributed by atoms with Gasteiger partial charge in [-0.3, -0.25) is 4.79 Å². The standard InChI is InChI=1S/C15H12IN5O/c1-10-6-7-11(8-13(10)16)18-15(22)12-4-2-3-5-14(12)21-9-17-19-20-21/h2-9H,1H3,(H,18,22). The van der Waals surface area contributed by atoms with E-state index >= 15 is 0 Å². The third-order valence-electron chi connectivity index (χ3n) is 3.17. The fourth-order valence-corrected chi connectivity index (χ4v) is 2.52. The number of carbonyl (C=O) groups excluding carboxylic acids is 1. The van der Waals surface area contributed by atoms with E-state index < -0.39 is 0 Å². The first kappa shape index (κ1) is 14.6. The van der Waals surface area contributed by atoms with E-state index in [1.165, 1.54) is 16.6 Å². The second-order valence-corrected chi connectivity index (χ2v) is 5.85. The third kappa shape index (κ3) is 2.98. The second kappa shape index (κ2) is 6.22. The molecule has 2 aromatic carbocycles. The van der Waals surface area contributed by atoms with Crippen LogP contribution in [0.4, 0.5) is 5.69 Å². The van der Waals surface area contributed by atoms with Crippen LogP contribution in [0.5, 0.6) is 0 Å². The van der Waals surface area contributed by atoms with Gasteiger partial charge in [-0.05, 0) is 69.8 Å². The lowest BCUT2D eigenvalue weighted by Crippen LogP contribution is -2.15. The topological polar surface area (TPSA) is 72.7 Å². The number of anilines is 1. The smallest absolute Gasteiger partial charge is 0.257 e. The summed E-state index contributed by atoms with van der Waals surface area (Å²) >= 11 is 2.24. The number of nitrogens with zero attached hydrogens (tertiary/aromatic N) is 4. The molecule has 0 atom stereocenters. The number of carbonyl (C=O) groups is 1. The maximum absolute atomic E-state index is 12.5. The summed E-state index contributed by atoms with van der Waals surface area (Å²) in [6, 6.07) is 13.0. The van der Waals surface area contributed by atoms with Crippen LogP contribution in [0.2, 0.25) is 0 Å². The van der Waals surface area contributed by atoms with E-state index in [1.54, 1.807) is 12.1 Å². The van der Waals surface area contributed by atoms with Crippen molar-refractivity contribution < 1.29 is 4.79 Å². The minimum atomic E-state index is -0.203. The van der Waals surface area contributed by atoms with Crippen LogP contribution in [0.1, 0.15) is 15.9 Å². The Labute approximate surface area is 140 Å². The summed E-state index contributed by atoms with van der Waals surface area (Å²) in [6.45, 7) is 2.03. The molecular weight excluding hydrogens is 393 g/mol. The van der Waals surface area contributed by atoms with Crippen LogP contribution in [0, 0.1) is 10.5 Å². The molecule has 0 aliphatic heterocycles. The lowest BCUT2D eigenvalue weighted by atomic mass is 10.1. The number of aromatic nitrogens is 4. The highest BCUT2D eigenvalue weighted by molar-refractivity contribution is 14.1. The number of halogens is 1. The van der Waals surface area contributed by atoms with Crippen LogP contribution in [-0.2, 0) is 0 Å². The van der Waals surface area contributed by atoms with Crippen molar-refractivity contribution in [3.8, 4) is 5.69 Å². The van der Waals surface area contributed by atoms with Crippen molar-refractivity contribution in [1.29, 1.82) is 0 Å². The maximum Gasteiger partial charge on any atom is 0.257 e. The van der Waals surface area contributed by atoms with Gasteiger partial charge < -0.3 is 5.32 Å². The number of aryl methyl sites for hydroxylation is 1. The second-order valence-electron chi connectivity index (χ2n) is 4.69. The lowest BCUT2D eigenvalue weighted by Gasteiger charge is -2.10. The van der Waals surface area contributed by atoms with Gasteiger partial charge in [-0.25, -0.2) is 0 Å². The monoisotopic (exact) mass is 405 g/mol. The van der Waals surface area contributed by atoms with E-state index in [-0.39, 0.29) is 5.91 Å². The van der Waals surface area contributed by atoms with Gasteiger partial charge in [-0.2, -0.15) is 4.68 Å². The first-order valence-electron chi connectivity index (χ1n) is 6.55. The molecule has 0 aliphatic carbocycles. The van der Waals surface area contributed by atoms with Crippen molar-refractivity contribution in [2.24, 2.45) is 0 Å². The average Bonchev–Trinajstić information content (AvgIpc) is 3.05. The molecule has 0 saturated carbocycles. The number of nitrogens with one attached hydrogen (secondary N) is 1. The number of rotatable bonds is 3. The molecule has 7 heteroatoms. The van der Waals surface area contributed by atoms with Crippen molar-refractivity contribution in [3.05, 3.63) is 63.5 Å². The van der Waals surface area contributed by atoms with Crippen molar-refractivity contribution in [2.75, 3.05) is 5.32 Å². The molecule has 3 rings (SSSR count). The molecule has 6 nitrogen and oxygen atoms in total. The Balaban J connectivity index is 1.91. The van der Waals surface area contributed by atoms with Crippen LogP contribution in [-0.4, -0.2) is 26.1 Å². The molecule has 0 spiro atoms. The van der Waals surface area contributed by atoms with Gasteiger partial charge in [-0.15, -0.1) is 5.10 Å². The molecule has 3 aromatic rings. The predicted molar refractivity (Wildman–Crippen MR) is 91.0 cm³/mol. The zero-order valence-corrected chi connectivity index (χ0v) is 13.9. The molecule has 1 aromatic heterocycles. The minimum Gasteiger partial charge on any atom is -0.322 e. The summed E-state index contributed by atoms with van der Waals surface area (Å²) in [7, 11) is 0. The quantitative estimate of drug-likeness (QED) is 0.681. The van der Waals surface area contributed by atoms with E-state index in [9.17, 15) is 4.79 Å². The Hall–Kier alpha value is -2.29. The number of benzene rings is 2. The maximum atomic E-state index is 12.5. The van der Waals surface area contributed by atoms with Gasteiger partial charge in [0.15, 0.2) is 0 Å². The molecular formula is C15H12IN5O. The van der Waals surface area contributed by atoms with Gasteiger partial charge in [0.2, 0.25) is 0 Å². The molecule has 0 saturated heterocycles. The van der Waals surface area contributed by atoms with Crippen molar-refractivity contribution in [3.63, 3.8) is 0 Å². The zero-order chi connectivity index (χ0) is 15.5. The zero-order valence-electron chi connectivity index (χ0n) is 11.7. The van der Waals surface area contributed by atoms with Gasteiger partial charge >= 0.3 is 0 Å². The molecule has 1 heterocycles. The molecule has 22 heavy (non-hydrogen) atoms. The van der Waals surface area contributed by atoms with E-state index in [1.807, 2.05) is 37.3 Å². The Kier molecular flexibility index (Phi) is 4.14. The van der Waals surface area contributed by atoms with Gasteiger partial charge in [0.1, 0.15) is 6.33 Å². The number of para-hydroxylation sites is 1. The van der Waals surface area contributed by atoms with Crippen molar-refractivity contribution in [2.45, 2.75) is 6.92 Å². The van der Waals surface area contributed by atoms with Crippen LogP contribution >= 0.6 is 22.6 Å². The van der Waals surface area contributed by atoms with E-state index in [2.05, 4.69) is 43.4 Å². The highest BCUT2D eigenvalue weighted by Crippen LogP contribution is 2.19. The highest BCUT2D eigenvalue weighted by Gasteiger charge is 2.13. The largest absolute Gasteiger partial charge is 0.322 e. The molecule has 1 N–H and O–H groups in total. The van der Waals surface area contributed by atoms with Gasteiger partial charge in [0, 0.05) is 9.26 Å². The number of hydrogen-bond acceptors (Lipinski definition) is 4. The van der Waals surface area contributed by atoms with E-state index in [4.69, 9.17) is 0 Å². The van der Waals surface area contributed by atoms with Gasteiger partial charge in [0.05, 0.1) is 11.3 Å². The predicted octanol–water partition coefficient (Wildman–Crippen LogP) is 2.83. The number of tetrazole rings is 1. The Morgan fingerprint density at radius 2 is 2.05 bits per heavy atom. The normalized spacial score (nSPS) is 10.5. The third-order valence-corrected chi connectivity index (χ3v) is 4.34. The summed E-state index contributed by atoms with van der Waals surface area (Å²) in [5, 5.41) is 13.9. The first-order valence-corrected chi connectivity index (χ1v) is 7.63. The van der Waals surface area contributed by atoms with Crippen molar-refractivity contribution >= 4 is 34.2 Å². The van der Waals surface area contributed by atoms with Gasteiger partial charge in [-0.1, -0.05) is 18.2 Å². The first-order chi connectivity index (χ1) is 10.6. The summed E-state index contributed by atoms with van der Waals surface area (Å²) in [6.07, 6.45) is 1.46. The molecule has 1 amide bonds. The average molecular weight is 405 g/mol. The molecule has 0 aliphatic rings. The fourth-order valence-electron chi connectivity index (χ4n) is 2.01. The summed E-state index contributed by atoms with van der Waals surface area (Å²) in [5.41, 5.74) is 3.07.